The molecule has 2 rings (SSSR count). The predicted octanol–water partition coefficient (Wildman–Crippen LogP) is 2.78. The van der Waals surface area contributed by atoms with Crippen LogP contribution in [0.25, 0.3) is 0 Å². The third-order valence-corrected chi connectivity index (χ3v) is 4.51. The molecule has 0 fully saturated rings. The lowest BCUT2D eigenvalue weighted by atomic mass is 10.3. The average molecular weight is 255 g/mol. The first kappa shape index (κ1) is 11.3. The minimum Gasteiger partial charge on any atom is -0.399 e. The Morgan fingerprint density at radius 2 is 2.19 bits per heavy atom. The van der Waals surface area contributed by atoms with Crippen molar-refractivity contribution in [1.29, 1.82) is 0 Å². The van der Waals surface area contributed by atoms with Crippen LogP contribution in [-0.4, -0.2) is 4.21 Å². The van der Waals surface area contributed by atoms with Crippen molar-refractivity contribution in [3.05, 3.63) is 46.4 Å². The highest BCUT2D eigenvalue weighted by Gasteiger charge is 2.11. The number of anilines is 1. The number of rotatable bonds is 3. The molecule has 0 saturated heterocycles. The molecule has 16 heavy (non-hydrogen) atoms. The highest BCUT2D eigenvalue weighted by Crippen LogP contribution is 2.20. The van der Waals surface area contributed by atoms with Gasteiger partial charge in [0, 0.05) is 10.6 Å². The molecule has 1 heterocycles. The third-order valence-electron chi connectivity index (χ3n) is 2.05. The van der Waals surface area contributed by atoms with Crippen LogP contribution >= 0.6 is 11.3 Å². The van der Waals surface area contributed by atoms with E-state index in [-0.39, 0.29) is 4.90 Å². The topological polar surface area (TPSA) is 43.1 Å². The van der Waals surface area contributed by atoms with Crippen LogP contribution in [-0.2, 0) is 16.6 Å². The molecular weight excluding hydrogens is 245 g/mol. The molecule has 0 aliphatic heterocycles. The van der Waals surface area contributed by atoms with E-state index in [4.69, 9.17) is 5.73 Å². The lowest BCUT2D eigenvalue weighted by molar-refractivity contribution is 0.596. The summed E-state index contributed by atoms with van der Waals surface area (Å²) in [7, 11) is -1.35. The minimum atomic E-state index is -1.35. The van der Waals surface area contributed by atoms with Crippen molar-refractivity contribution in [3.8, 4) is 0 Å². The van der Waals surface area contributed by atoms with Gasteiger partial charge in [-0.2, -0.15) is 0 Å². The van der Waals surface area contributed by atoms with Gasteiger partial charge in [0.1, 0.15) is 5.82 Å². The van der Waals surface area contributed by atoms with Crippen LogP contribution in [0.2, 0.25) is 0 Å². The molecule has 2 nitrogen and oxygen atoms in total. The van der Waals surface area contributed by atoms with Gasteiger partial charge >= 0.3 is 0 Å². The van der Waals surface area contributed by atoms with E-state index in [0.717, 1.165) is 4.88 Å². The fraction of sp³-hybridized carbons (Fsp3) is 0.0909. The number of nitrogen functional groups attached to an aromatic ring is 1. The molecule has 2 N–H and O–H groups in total. The summed E-state index contributed by atoms with van der Waals surface area (Å²) in [5.41, 5.74) is 5.77. The molecular formula is C11H10FNOS2. The second-order valence-corrected chi connectivity index (χ2v) is 5.71. The molecule has 1 unspecified atom stereocenters. The number of hydrogen-bond acceptors (Lipinski definition) is 3. The van der Waals surface area contributed by atoms with Gasteiger partial charge in [0.15, 0.2) is 0 Å². The standard InChI is InChI=1S/C11H10FNOS2/c12-10-6-8(13)3-4-11(10)16(14)7-9-2-1-5-15-9/h1-6H,7,13H2. The van der Waals surface area contributed by atoms with Gasteiger partial charge < -0.3 is 5.73 Å². The van der Waals surface area contributed by atoms with Crippen LogP contribution in [0.3, 0.4) is 0 Å². The fourth-order valence-corrected chi connectivity index (χ4v) is 3.39. The van der Waals surface area contributed by atoms with Crippen LogP contribution in [0.1, 0.15) is 4.88 Å². The molecule has 5 heteroatoms. The molecule has 1 aromatic carbocycles. The van der Waals surface area contributed by atoms with Crippen molar-refractivity contribution in [1.82, 2.24) is 0 Å². The Bertz CT molecular complexity index is 511. The Morgan fingerprint density at radius 3 is 2.81 bits per heavy atom. The lowest BCUT2D eigenvalue weighted by Gasteiger charge is -2.03. The quantitative estimate of drug-likeness (QED) is 0.857. The first-order chi connectivity index (χ1) is 7.66. The zero-order chi connectivity index (χ0) is 11.5. The maximum absolute atomic E-state index is 13.5. The van der Waals surface area contributed by atoms with Crippen LogP contribution in [0.5, 0.6) is 0 Å². The van der Waals surface area contributed by atoms with E-state index in [0.29, 0.717) is 11.4 Å². The number of thiophene rings is 1. The van der Waals surface area contributed by atoms with E-state index < -0.39 is 16.6 Å². The van der Waals surface area contributed by atoms with Gasteiger partial charge in [-0.05, 0) is 29.6 Å². The summed E-state index contributed by atoms with van der Waals surface area (Å²) in [5.74, 6) is -0.159. The highest BCUT2D eigenvalue weighted by atomic mass is 32.2. The Hall–Kier alpha value is -1.20. The molecule has 84 valence electrons. The van der Waals surface area contributed by atoms with Gasteiger partial charge in [-0.1, -0.05) is 6.07 Å². The predicted molar refractivity (Wildman–Crippen MR) is 65.2 cm³/mol. The van der Waals surface area contributed by atoms with Crippen molar-refractivity contribution in [2.24, 2.45) is 0 Å². The van der Waals surface area contributed by atoms with E-state index in [2.05, 4.69) is 0 Å². The average Bonchev–Trinajstić information content (AvgIpc) is 2.70. The normalized spacial score (nSPS) is 12.6. The second-order valence-electron chi connectivity index (χ2n) is 3.26. The minimum absolute atomic E-state index is 0.211. The largest absolute Gasteiger partial charge is 0.399 e. The van der Waals surface area contributed by atoms with Crippen molar-refractivity contribution in [2.75, 3.05) is 5.73 Å². The Balaban J connectivity index is 2.21. The Labute approximate surface area is 99.4 Å². The van der Waals surface area contributed by atoms with Gasteiger partial charge in [0.05, 0.1) is 21.4 Å². The van der Waals surface area contributed by atoms with Crippen LogP contribution in [0.4, 0.5) is 10.1 Å². The van der Waals surface area contributed by atoms with Gasteiger partial charge in [-0.3, -0.25) is 4.21 Å². The molecule has 1 atom stereocenters. The van der Waals surface area contributed by atoms with Crippen molar-refractivity contribution in [2.45, 2.75) is 10.6 Å². The van der Waals surface area contributed by atoms with E-state index in [1.165, 1.54) is 23.5 Å². The molecule has 0 amide bonds. The molecule has 0 bridgehead atoms. The molecule has 0 saturated carbocycles. The summed E-state index contributed by atoms with van der Waals surface area (Å²) < 4.78 is 25.3. The number of halogens is 1. The van der Waals surface area contributed by atoms with Gasteiger partial charge in [0.25, 0.3) is 0 Å². The smallest absolute Gasteiger partial charge is 0.141 e. The summed E-state index contributed by atoms with van der Waals surface area (Å²) in [6.45, 7) is 0. The molecule has 0 aliphatic rings. The number of nitrogens with two attached hydrogens (primary N) is 1. The summed E-state index contributed by atoms with van der Waals surface area (Å²) in [6.07, 6.45) is 0. The summed E-state index contributed by atoms with van der Waals surface area (Å²) in [5, 5.41) is 1.91. The molecule has 2 aromatic rings. The fourth-order valence-electron chi connectivity index (χ4n) is 1.30. The molecule has 0 spiro atoms. The lowest BCUT2D eigenvalue weighted by Crippen LogP contribution is -1.99. The van der Waals surface area contributed by atoms with Gasteiger partial charge in [-0.15, -0.1) is 11.3 Å². The third kappa shape index (κ3) is 2.48. The zero-order valence-electron chi connectivity index (χ0n) is 8.35. The van der Waals surface area contributed by atoms with E-state index in [1.807, 2.05) is 17.5 Å². The Kier molecular flexibility index (Phi) is 3.36. The molecule has 0 aliphatic carbocycles. The van der Waals surface area contributed by atoms with Crippen LogP contribution in [0, 0.1) is 5.82 Å². The van der Waals surface area contributed by atoms with E-state index in [9.17, 15) is 8.60 Å². The zero-order valence-corrected chi connectivity index (χ0v) is 9.98. The first-order valence-corrected chi connectivity index (χ1v) is 6.82. The first-order valence-electron chi connectivity index (χ1n) is 4.62. The van der Waals surface area contributed by atoms with E-state index >= 15 is 0 Å². The summed E-state index contributed by atoms with van der Waals surface area (Å²) in [4.78, 5) is 1.19. The number of benzene rings is 1. The van der Waals surface area contributed by atoms with Crippen LogP contribution in [0.15, 0.2) is 40.6 Å². The van der Waals surface area contributed by atoms with Crippen molar-refractivity contribution < 1.29 is 8.60 Å². The maximum Gasteiger partial charge on any atom is 0.141 e. The monoisotopic (exact) mass is 255 g/mol. The van der Waals surface area contributed by atoms with Crippen molar-refractivity contribution in [3.63, 3.8) is 0 Å². The molecule has 0 radical (unpaired) electrons. The molecule has 1 aromatic heterocycles. The van der Waals surface area contributed by atoms with Crippen LogP contribution < -0.4 is 5.73 Å². The van der Waals surface area contributed by atoms with Gasteiger partial charge in [-0.25, -0.2) is 4.39 Å². The maximum atomic E-state index is 13.5. The highest BCUT2D eigenvalue weighted by molar-refractivity contribution is 7.84. The van der Waals surface area contributed by atoms with Gasteiger partial charge in [0.2, 0.25) is 0 Å². The Morgan fingerprint density at radius 1 is 1.38 bits per heavy atom. The van der Waals surface area contributed by atoms with E-state index in [1.54, 1.807) is 6.07 Å². The summed E-state index contributed by atoms with van der Waals surface area (Å²) in [6, 6.07) is 8.01. The second kappa shape index (κ2) is 4.76. The number of hydrogen-bond donors (Lipinski definition) is 1. The van der Waals surface area contributed by atoms with Crippen molar-refractivity contribution >= 4 is 27.8 Å². The summed E-state index contributed by atoms with van der Waals surface area (Å²) >= 11 is 1.51. The SMILES string of the molecule is Nc1ccc(S(=O)Cc2cccs2)c(F)c1.